The van der Waals surface area contributed by atoms with E-state index >= 15 is 0 Å². The maximum atomic E-state index is 12.8. The third kappa shape index (κ3) is 6.83. The predicted octanol–water partition coefficient (Wildman–Crippen LogP) is 4.59. The first-order valence-corrected chi connectivity index (χ1v) is 12.3. The van der Waals surface area contributed by atoms with E-state index in [4.69, 9.17) is 9.47 Å². The van der Waals surface area contributed by atoms with Gasteiger partial charge in [0.2, 0.25) is 0 Å². The topological polar surface area (TPSA) is 111 Å². The van der Waals surface area contributed by atoms with Crippen molar-refractivity contribution in [1.82, 2.24) is 0 Å². The Morgan fingerprint density at radius 2 is 1.60 bits per heavy atom. The molecular weight excluding hydrogens is 468 g/mol. The third-order valence-electron chi connectivity index (χ3n) is 5.07. The third-order valence-corrected chi connectivity index (χ3v) is 6.44. The normalized spacial score (nSPS) is 11.4. The second kappa shape index (κ2) is 10.6. The molecule has 0 radical (unpaired) electrons. The molecule has 0 unspecified atom stereocenters. The van der Waals surface area contributed by atoms with Crippen molar-refractivity contribution in [3.05, 3.63) is 83.9 Å². The molecule has 0 saturated carbocycles. The average molecular weight is 497 g/mol. The SMILES string of the molecule is COc1ccc(NS(=O)(=O)c2cccc(C(=O)OCC(=O)Nc3ccccc3C(C)(C)C)c2)cc1. The largest absolute Gasteiger partial charge is 0.497 e. The van der Waals surface area contributed by atoms with Gasteiger partial charge < -0.3 is 14.8 Å². The van der Waals surface area contributed by atoms with Crippen molar-refractivity contribution in [3.63, 3.8) is 0 Å². The summed E-state index contributed by atoms with van der Waals surface area (Å²) in [6.07, 6.45) is 0. The highest BCUT2D eigenvalue weighted by Crippen LogP contribution is 2.29. The number of benzene rings is 3. The monoisotopic (exact) mass is 496 g/mol. The lowest BCUT2D eigenvalue weighted by Crippen LogP contribution is -2.23. The molecule has 0 aliphatic rings. The van der Waals surface area contributed by atoms with Gasteiger partial charge in [0.05, 0.1) is 17.6 Å². The van der Waals surface area contributed by atoms with E-state index < -0.39 is 28.5 Å². The van der Waals surface area contributed by atoms with Crippen LogP contribution < -0.4 is 14.8 Å². The summed E-state index contributed by atoms with van der Waals surface area (Å²) in [7, 11) is -2.45. The number of carbonyl (C=O) groups is 2. The van der Waals surface area contributed by atoms with Crippen LogP contribution in [-0.2, 0) is 25.0 Å². The minimum atomic E-state index is -3.96. The first-order valence-electron chi connectivity index (χ1n) is 10.8. The summed E-state index contributed by atoms with van der Waals surface area (Å²) >= 11 is 0. The number of rotatable bonds is 8. The molecule has 8 nitrogen and oxygen atoms in total. The van der Waals surface area contributed by atoms with Crippen LogP contribution >= 0.6 is 0 Å². The zero-order valence-corrected chi connectivity index (χ0v) is 20.8. The Morgan fingerprint density at radius 3 is 2.26 bits per heavy atom. The van der Waals surface area contributed by atoms with Crippen LogP contribution in [0.5, 0.6) is 5.75 Å². The molecule has 0 aliphatic carbocycles. The molecule has 9 heteroatoms. The number of sulfonamides is 1. The second-order valence-electron chi connectivity index (χ2n) is 8.78. The van der Waals surface area contributed by atoms with Crippen LogP contribution in [0, 0.1) is 0 Å². The molecule has 184 valence electrons. The van der Waals surface area contributed by atoms with Crippen molar-refractivity contribution in [2.75, 3.05) is 23.8 Å². The fourth-order valence-corrected chi connectivity index (χ4v) is 4.41. The van der Waals surface area contributed by atoms with Crippen molar-refractivity contribution < 1.29 is 27.5 Å². The Bertz CT molecular complexity index is 1310. The number of carbonyl (C=O) groups excluding carboxylic acids is 2. The van der Waals surface area contributed by atoms with Crippen molar-refractivity contribution in [1.29, 1.82) is 0 Å². The number of nitrogens with one attached hydrogen (secondary N) is 2. The van der Waals surface area contributed by atoms with E-state index in [1.165, 1.54) is 31.4 Å². The number of hydrogen-bond acceptors (Lipinski definition) is 6. The standard InChI is InChI=1S/C26H28N2O6S/c1-26(2,3)22-10-5-6-11-23(22)27-24(29)17-34-25(30)18-8-7-9-21(16-18)35(31,32)28-19-12-14-20(33-4)15-13-19/h5-16,28H,17H2,1-4H3,(H,27,29). The van der Waals surface area contributed by atoms with Gasteiger partial charge in [-0.25, -0.2) is 13.2 Å². The Kier molecular flexibility index (Phi) is 7.81. The van der Waals surface area contributed by atoms with Gasteiger partial charge in [0.25, 0.3) is 15.9 Å². The minimum Gasteiger partial charge on any atom is -0.497 e. The number of esters is 1. The van der Waals surface area contributed by atoms with Gasteiger partial charge in [-0.1, -0.05) is 45.0 Å². The van der Waals surface area contributed by atoms with E-state index in [1.54, 1.807) is 30.3 Å². The highest BCUT2D eigenvalue weighted by molar-refractivity contribution is 7.92. The summed E-state index contributed by atoms with van der Waals surface area (Å²) in [6.45, 7) is 5.58. The summed E-state index contributed by atoms with van der Waals surface area (Å²) in [5.41, 5.74) is 1.74. The van der Waals surface area contributed by atoms with Crippen LogP contribution in [0.15, 0.2) is 77.7 Å². The molecule has 0 atom stereocenters. The van der Waals surface area contributed by atoms with Gasteiger partial charge in [0.15, 0.2) is 6.61 Å². The Morgan fingerprint density at radius 1 is 0.914 bits per heavy atom. The van der Waals surface area contributed by atoms with Gasteiger partial charge in [-0.05, 0) is 59.5 Å². The Hall–Kier alpha value is -3.85. The van der Waals surface area contributed by atoms with Crippen LogP contribution in [0.25, 0.3) is 0 Å². The highest BCUT2D eigenvalue weighted by atomic mass is 32.2. The lowest BCUT2D eigenvalue weighted by atomic mass is 9.86. The van der Waals surface area contributed by atoms with Crippen LogP contribution in [-0.4, -0.2) is 34.0 Å². The van der Waals surface area contributed by atoms with Gasteiger partial charge in [-0.2, -0.15) is 0 Å². The lowest BCUT2D eigenvalue weighted by molar-refractivity contribution is -0.119. The quantitative estimate of drug-likeness (QED) is 0.442. The van der Waals surface area contributed by atoms with Gasteiger partial charge in [-0.3, -0.25) is 9.52 Å². The zero-order valence-electron chi connectivity index (χ0n) is 20.0. The minimum absolute atomic E-state index is 0.00509. The molecule has 35 heavy (non-hydrogen) atoms. The zero-order chi connectivity index (χ0) is 25.6. The maximum absolute atomic E-state index is 12.8. The van der Waals surface area contributed by atoms with Crippen molar-refractivity contribution >= 4 is 33.3 Å². The molecule has 0 aromatic heterocycles. The summed E-state index contributed by atoms with van der Waals surface area (Å²) in [6, 6.07) is 19.2. The van der Waals surface area contributed by atoms with Gasteiger partial charge in [-0.15, -0.1) is 0 Å². The van der Waals surface area contributed by atoms with Crippen molar-refractivity contribution in [2.24, 2.45) is 0 Å². The molecular formula is C26H28N2O6S. The fraction of sp³-hybridized carbons (Fsp3) is 0.231. The molecule has 0 fully saturated rings. The maximum Gasteiger partial charge on any atom is 0.338 e. The average Bonchev–Trinajstić information content (AvgIpc) is 2.82. The van der Waals surface area contributed by atoms with E-state index in [9.17, 15) is 18.0 Å². The highest BCUT2D eigenvalue weighted by Gasteiger charge is 2.20. The number of hydrogen-bond donors (Lipinski definition) is 2. The number of ether oxygens (including phenoxy) is 2. The summed E-state index contributed by atoms with van der Waals surface area (Å²) in [5.74, 6) is -0.727. The summed E-state index contributed by atoms with van der Waals surface area (Å²) in [4.78, 5) is 24.8. The number of methoxy groups -OCH3 is 1. The molecule has 3 aromatic carbocycles. The van der Waals surface area contributed by atoms with Gasteiger partial charge >= 0.3 is 5.97 Å². The van der Waals surface area contributed by atoms with Crippen LogP contribution in [0.3, 0.4) is 0 Å². The van der Waals surface area contributed by atoms with E-state index in [-0.39, 0.29) is 15.9 Å². The number of amides is 1. The molecule has 0 saturated heterocycles. The molecule has 1 amide bonds. The molecule has 3 rings (SSSR count). The van der Waals surface area contributed by atoms with E-state index in [2.05, 4.69) is 10.0 Å². The molecule has 0 spiro atoms. The van der Waals surface area contributed by atoms with Crippen LogP contribution in [0.2, 0.25) is 0 Å². The molecule has 2 N–H and O–H groups in total. The number of anilines is 2. The smallest absolute Gasteiger partial charge is 0.338 e. The summed E-state index contributed by atoms with van der Waals surface area (Å²) in [5, 5.41) is 2.76. The lowest BCUT2D eigenvalue weighted by Gasteiger charge is -2.22. The second-order valence-corrected chi connectivity index (χ2v) is 10.5. The van der Waals surface area contributed by atoms with E-state index in [1.807, 2.05) is 39.0 Å². The Balaban J connectivity index is 1.65. The van der Waals surface area contributed by atoms with E-state index in [0.29, 0.717) is 17.1 Å². The molecule has 0 heterocycles. The Labute approximate surface area is 205 Å². The van der Waals surface area contributed by atoms with Crippen molar-refractivity contribution in [2.45, 2.75) is 31.1 Å². The first kappa shape index (κ1) is 25.8. The number of para-hydroxylation sites is 1. The van der Waals surface area contributed by atoms with Gasteiger partial charge in [0, 0.05) is 11.4 Å². The van der Waals surface area contributed by atoms with Gasteiger partial charge in [0.1, 0.15) is 5.75 Å². The summed E-state index contributed by atoms with van der Waals surface area (Å²) < 4.78 is 38.1. The van der Waals surface area contributed by atoms with Crippen LogP contribution in [0.1, 0.15) is 36.7 Å². The first-order chi connectivity index (χ1) is 16.5. The molecule has 3 aromatic rings. The van der Waals surface area contributed by atoms with E-state index in [0.717, 1.165) is 5.56 Å². The fourth-order valence-electron chi connectivity index (χ4n) is 3.31. The van der Waals surface area contributed by atoms with Crippen molar-refractivity contribution in [3.8, 4) is 5.75 Å². The molecule has 0 aliphatic heterocycles. The molecule has 0 bridgehead atoms. The van der Waals surface area contributed by atoms with Crippen LogP contribution in [0.4, 0.5) is 11.4 Å². The predicted molar refractivity (Wildman–Crippen MR) is 134 cm³/mol.